The second-order valence-corrected chi connectivity index (χ2v) is 8.12. The first-order chi connectivity index (χ1) is 13.2. The first kappa shape index (κ1) is 21.8. The van der Waals surface area contributed by atoms with Gasteiger partial charge < -0.3 is 19.5 Å². The first-order valence-corrected chi connectivity index (χ1v) is 10.5. The van der Waals surface area contributed by atoms with Crippen LogP contribution in [0.1, 0.15) is 44.7 Å². The summed E-state index contributed by atoms with van der Waals surface area (Å²) in [6, 6.07) is 2.45. The summed E-state index contributed by atoms with van der Waals surface area (Å²) in [4.78, 5) is 9.43. The highest BCUT2D eigenvalue weighted by Crippen LogP contribution is 2.54. The summed E-state index contributed by atoms with van der Waals surface area (Å²) in [7, 11) is 1.91. The smallest absolute Gasteiger partial charge is 0.193 e. The van der Waals surface area contributed by atoms with E-state index >= 15 is 0 Å². The monoisotopic (exact) mass is 503 g/mol. The molecule has 158 valence electrons. The molecule has 8 heteroatoms. The fraction of sp³-hybridized carbons (Fsp3) is 0.800. The lowest BCUT2D eigenvalue weighted by atomic mass is 9.60. The quantitative estimate of drug-likeness (QED) is 0.379. The average molecular weight is 503 g/mol. The number of guanidine groups is 1. The number of piperazine rings is 1. The topological polar surface area (TPSA) is 66.1 Å². The Morgan fingerprint density at radius 1 is 1.32 bits per heavy atom. The van der Waals surface area contributed by atoms with Gasteiger partial charge in [0.05, 0.1) is 11.8 Å². The van der Waals surface area contributed by atoms with Crippen LogP contribution in [0.3, 0.4) is 0 Å². The number of aromatic nitrogens is 1. The van der Waals surface area contributed by atoms with Crippen molar-refractivity contribution >= 4 is 29.9 Å². The summed E-state index contributed by atoms with van der Waals surface area (Å²) in [5, 5.41) is 7.83. The first-order valence-electron chi connectivity index (χ1n) is 10.5. The van der Waals surface area contributed by atoms with Crippen molar-refractivity contribution in [1.29, 1.82) is 0 Å². The van der Waals surface area contributed by atoms with Crippen molar-refractivity contribution in [3.05, 3.63) is 18.0 Å². The number of aliphatic imine (C=N–C) groups is 1. The summed E-state index contributed by atoms with van der Waals surface area (Å²) in [5.41, 5.74) is 1.34. The normalized spacial score (nSPS) is 27.5. The molecule has 0 radical (unpaired) electrons. The van der Waals surface area contributed by atoms with E-state index in [2.05, 4.69) is 32.2 Å². The molecule has 1 N–H and O–H groups in total. The number of nitrogens with one attached hydrogen (secondary N) is 1. The molecule has 3 fully saturated rings. The second kappa shape index (κ2) is 9.75. The van der Waals surface area contributed by atoms with Gasteiger partial charge in [-0.2, -0.15) is 0 Å². The van der Waals surface area contributed by atoms with Gasteiger partial charge in [-0.15, -0.1) is 24.0 Å². The Hall–Kier alpha value is -0.870. The Bertz CT molecular complexity index is 625. The van der Waals surface area contributed by atoms with Crippen LogP contribution in [-0.4, -0.2) is 72.9 Å². The molecule has 1 aromatic heterocycles. The number of nitrogens with zero attached hydrogens (tertiary/aromatic N) is 4. The molecule has 2 saturated carbocycles. The van der Waals surface area contributed by atoms with Gasteiger partial charge in [0.2, 0.25) is 0 Å². The largest absolute Gasteiger partial charge is 0.378 e. The van der Waals surface area contributed by atoms with Crippen molar-refractivity contribution in [3.63, 3.8) is 0 Å². The molecule has 0 bridgehead atoms. The van der Waals surface area contributed by atoms with E-state index in [9.17, 15) is 0 Å². The van der Waals surface area contributed by atoms with Gasteiger partial charge in [0.25, 0.3) is 0 Å². The summed E-state index contributed by atoms with van der Waals surface area (Å²) in [6.45, 7) is 7.81. The molecule has 2 aliphatic carbocycles. The Morgan fingerprint density at radius 3 is 2.68 bits per heavy atom. The third-order valence-corrected chi connectivity index (χ3v) is 6.75. The zero-order valence-corrected chi connectivity index (χ0v) is 19.4. The molecule has 4 rings (SSSR count). The van der Waals surface area contributed by atoms with E-state index < -0.39 is 0 Å². The lowest BCUT2D eigenvalue weighted by Gasteiger charge is -2.55. The third-order valence-electron chi connectivity index (χ3n) is 6.75. The van der Waals surface area contributed by atoms with Crippen molar-refractivity contribution in [2.24, 2.45) is 10.4 Å². The van der Waals surface area contributed by atoms with Crippen LogP contribution in [0.4, 0.5) is 0 Å². The van der Waals surface area contributed by atoms with Crippen molar-refractivity contribution in [2.45, 2.75) is 57.7 Å². The van der Waals surface area contributed by atoms with Crippen molar-refractivity contribution < 1.29 is 9.26 Å². The van der Waals surface area contributed by atoms with E-state index in [0.29, 0.717) is 17.6 Å². The van der Waals surface area contributed by atoms with Crippen LogP contribution in [0.2, 0.25) is 0 Å². The van der Waals surface area contributed by atoms with E-state index in [1.807, 2.05) is 13.1 Å². The van der Waals surface area contributed by atoms with E-state index in [1.165, 1.54) is 25.7 Å². The van der Waals surface area contributed by atoms with Crippen LogP contribution in [0.15, 0.2) is 21.8 Å². The predicted octanol–water partition coefficient (Wildman–Crippen LogP) is 2.72. The molecule has 1 aliphatic heterocycles. The van der Waals surface area contributed by atoms with Gasteiger partial charge in [-0.05, 0) is 26.2 Å². The van der Waals surface area contributed by atoms with Crippen molar-refractivity contribution in [1.82, 2.24) is 20.3 Å². The van der Waals surface area contributed by atoms with Crippen LogP contribution >= 0.6 is 24.0 Å². The van der Waals surface area contributed by atoms with Crippen molar-refractivity contribution in [2.75, 3.05) is 39.8 Å². The van der Waals surface area contributed by atoms with Crippen LogP contribution in [0, 0.1) is 5.41 Å². The maximum atomic E-state index is 6.06. The van der Waals surface area contributed by atoms with Gasteiger partial charge in [0.1, 0.15) is 6.26 Å². The number of ether oxygens (including phenoxy) is 1. The van der Waals surface area contributed by atoms with Gasteiger partial charge in [-0.3, -0.25) is 9.89 Å². The zero-order chi connectivity index (χ0) is 18.7. The molecule has 1 spiro atoms. The van der Waals surface area contributed by atoms with Crippen LogP contribution < -0.4 is 5.32 Å². The van der Waals surface area contributed by atoms with E-state index in [4.69, 9.17) is 9.26 Å². The molecular weight excluding hydrogens is 469 g/mol. The van der Waals surface area contributed by atoms with Gasteiger partial charge in [-0.25, -0.2) is 0 Å². The lowest BCUT2D eigenvalue weighted by molar-refractivity contribution is -0.126. The molecular formula is C20H34IN5O2. The van der Waals surface area contributed by atoms with Crippen LogP contribution in [-0.2, 0) is 11.3 Å². The Balaban J connectivity index is 0.00000225. The summed E-state index contributed by atoms with van der Waals surface area (Å²) in [6.07, 6.45) is 8.43. The maximum Gasteiger partial charge on any atom is 0.193 e. The highest BCUT2D eigenvalue weighted by Gasteiger charge is 2.57. The Kier molecular flexibility index (Phi) is 7.60. The van der Waals surface area contributed by atoms with Crippen LogP contribution in [0.5, 0.6) is 0 Å². The number of hydrogen-bond acceptors (Lipinski definition) is 5. The highest BCUT2D eigenvalue weighted by atomic mass is 127. The Morgan fingerprint density at radius 2 is 2.07 bits per heavy atom. The SMILES string of the molecule is CCOC1CC(NC(=NC)N2CCN(Cc3ccon3)CC2)C12CCCC2.I. The molecule has 2 unspecified atom stereocenters. The minimum absolute atomic E-state index is 0. The maximum absolute atomic E-state index is 6.06. The molecule has 1 aromatic rings. The second-order valence-electron chi connectivity index (χ2n) is 8.12. The number of rotatable bonds is 5. The van der Waals surface area contributed by atoms with Gasteiger partial charge >= 0.3 is 0 Å². The summed E-state index contributed by atoms with van der Waals surface area (Å²) < 4.78 is 11.0. The zero-order valence-electron chi connectivity index (χ0n) is 17.1. The minimum atomic E-state index is 0. The average Bonchev–Trinajstić information content (AvgIpc) is 3.38. The molecule has 2 heterocycles. The standard InChI is InChI=1S/C20H33N5O2.HI/c1-3-26-18-14-17(20(18)7-4-5-8-20)22-19(21-2)25-11-9-24(10-12-25)15-16-6-13-27-23-16;/h6,13,17-18H,3-5,7-12,14-15H2,1-2H3,(H,21,22);1H. The number of hydrogen-bond donors (Lipinski definition) is 1. The van der Waals surface area contributed by atoms with E-state index in [1.54, 1.807) is 6.26 Å². The lowest BCUT2D eigenvalue weighted by Crippen LogP contribution is -2.66. The Labute approximate surface area is 185 Å². The third kappa shape index (κ3) is 4.33. The predicted molar refractivity (Wildman–Crippen MR) is 120 cm³/mol. The van der Waals surface area contributed by atoms with Crippen molar-refractivity contribution in [3.8, 4) is 0 Å². The summed E-state index contributed by atoms with van der Waals surface area (Å²) >= 11 is 0. The minimum Gasteiger partial charge on any atom is -0.378 e. The molecule has 1 saturated heterocycles. The highest BCUT2D eigenvalue weighted by molar-refractivity contribution is 14.0. The molecule has 2 atom stereocenters. The fourth-order valence-electron chi connectivity index (χ4n) is 5.21. The fourth-order valence-corrected chi connectivity index (χ4v) is 5.21. The number of halogens is 1. The van der Waals surface area contributed by atoms with Gasteiger partial charge in [-0.1, -0.05) is 18.0 Å². The van der Waals surface area contributed by atoms with E-state index in [-0.39, 0.29) is 24.0 Å². The molecule has 28 heavy (non-hydrogen) atoms. The van der Waals surface area contributed by atoms with Gasteiger partial charge in [0, 0.05) is 63.9 Å². The molecule has 0 aromatic carbocycles. The van der Waals surface area contributed by atoms with Crippen LogP contribution in [0.25, 0.3) is 0 Å². The molecule has 7 nitrogen and oxygen atoms in total. The molecule has 3 aliphatic rings. The van der Waals surface area contributed by atoms with E-state index in [0.717, 1.165) is 57.4 Å². The molecule has 0 amide bonds. The summed E-state index contributed by atoms with van der Waals surface area (Å²) in [5.74, 6) is 1.06. The van der Waals surface area contributed by atoms with Gasteiger partial charge in [0.15, 0.2) is 5.96 Å².